The minimum absolute atomic E-state index is 0.0267. The summed E-state index contributed by atoms with van der Waals surface area (Å²) in [6, 6.07) is 15.7. The number of rotatable bonds is 7. The van der Waals surface area contributed by atoms with E-state index >= 15 is 0 Å². The molecule has 11 nitrogen and oxygen atoms in total. The number of anilines is 3. The van der Waals surface area contributed by atoms with Crippen LogP contribution in [0.3, 0.4) is 0 Å². The van der Waals surface area contributed by atoms with Crippen molar-refractivity contribution in [3.8, 4) is 11.5 Å². The van der Waals surface area contributed by atoms with E-state index in [0.717, 1.165) is 45.8 Å². The molecule has 5 aromatic rings. The lowest BCUT2D eigenvalue weighted by atomic mass is 10.1. The van der Waals surface area contributed by atoms with Crippen molar-refractivity contribution in [1.82, 2.24) is 34.8 Å². The lowest BCUT2D eigenvalue weighted by Crippen LogP contribution is -2.54. The SMILES string of the molecule is C=CC(=O)N1CCN(c2ccc3ncnc(Nc4ccc(Oc5ccc6c(c5)nnn6C)c(C)c4)c3n2)C[C@H]1CC. The molecule has 1 aliphatic rings. The van der Waals surface area contributed by atoms with Crippen LogP contribution >= 0.6 is 0 Å². The normalized spacial score (nSPS) is 15.3. The van der Waals surface area contributed by atoms with E-state index in [0.29, 0.717) is 36.7 Å². The highest BCUT2D eigenvalue weighted by atomic mass is 16.5. The van der Waals surface area contributed by atoms with Crippen LogP contribution in [0.1, 0.15) is 18.9 Å². The van der Waals surface area contributed by atoms with E-state index in [1.807, 2.05) is 67.4 Å². The standard InChI is InChI=1S/C30H31N9O2/c1-5-21-17-38(13-14-39(21)28(40)6-2)27-12-9-23-29(34-27)30(32-18-31-23)33-20-7-11-26(19(3)15-20)41-22-8-10-25-24(16-22)35-36-37(25)4/h6-12,15-16,18,21H,2,5,13-14,17H2,1,3-4H3,(H,31,32,33)/t21-/m1/s1. The molecule has 0 radical (unpaired) electrons. The number of pyridine rings is 1. The van der Waals surface area contributed by atoms with E-state index in [1.165, 1.54) is 12.4 Å². The summed E-state index contributed by atoms with van der Waals surface area (Å²) in [4.78, 5) is 30.3. The van der Waals surface area contributed by atoms with E-state index in [9.17, 15) is 4.79 Å². The summed E-state index contributed by atoms with van der Waals surface area (Å²) in [5.41, 5.74) is 4.96. The molecular formula is C30H31N9O2. The molecule has 0 bridgehead atoms. The fourth-order valence-corrected chi connectivity index (χ4v) is 5.21. The highest BCUT2D eigenvalue weighted by Gasteiger charge is 2.29. The van der Waals surface area contributed by atoms with E-state index < -0.39 is 0 Å². The summed E-state index contributed by atoms with van der Waals surface area (Å²) in [6.45, 7) is 9.76. The molecule has 0 saturated carbocycles. The Labute approximate surface area is 237 Å². The van der Waals surface area contributed by atoms with Crippen LogP contribution in [0.2, 0.25) is 0 Å². The van der Waals surface area contributed by atoms with Crippen molar-refractivity contribution in [1.29, 1.82) is 0 Å². The smallest absolute Gasteiger partial charge is 0.246 e. The van der Waals surface area contributed by atoms with E-state index in [-0.39, 0.29) is 11.9 Å². The van der Waals surface area contributed by atoms with Crippen molar-refractivity contribution in [3.05, 3.63) is 73.1 Å². The molecule has 0 spiro atoms. The maximum atomic E-state index is 12.3. The fraction of sp³-hybridized carbons (Fsp3) is 0.267. The van der Waals surface area contributed by atoms with Crippen molar-refractivity contribution in [3.63, 3.8) is 0 Å². The zero-order valence-corrected chi connectivity index (χ0v) is 23.3. The van der Waals surface area contributed by atoms with Crippen LogP contribution in [-0.4, -0.2) is 66.4 Å². The Balaban J connectivity index is 1.22. The maximum absolute atomic E-state index is 12.3. The van der Waals surface area contributed by atoms with Crippen LogP contribution < -0.4 is 15.0 Å². The van der Waals surface area contributed by atoms with Crippen molar-refractivity contribution >= 4 is 45.3 Å². The Bertz CT molecular complexity index is 1770. The van der Waals surface area contributed by atoms with Crippen molar-refractivity contribution in [2.24, 2.45) is 7.05 Å². The van der Waals surface area contributed by atoms with E-state index in [2.05, 4.69) is 44.0 Å². The molecule has 4 heterocycles. The second kappa shape index (κ2) is 10.8. The van der Waals surface area contributed by atoms with Crippen LogP contribution in [0.5, 0.6) is 11.5 Å². The van der Waals surface area contributed by atoms with Gasteiger partial charge in [-0.15, -0.1) is 5.10 Å². The molecule has 1 fully saturated rings. The van der Waals surface area contributed by atoms with E-state index in [1.54, 1.807) is 4.68 Å². The Kier molecular flexibility index (Phi) is 6.92. The van der Waals surface area contributed by atoms with Crippen LogP contribution in [0.4, 0.5) is 17.3 Å². The van der Waals surface area contributed by atoms with Gasteiger partial charge in [-0.1, -0.05) is 18.7 Å². The summed E-state index contributed by atoms with van der Waals surface area (Å²) in [6.07, 6.45) is 3.78. The van der Waals surface area contributed by atoms with Gasteiger partial charge in [0, 0.05) is 44.5 Å². The molecule has 3 aromatic heterocycles. The molecule has 2 aromatic carbocycles. The van der Waals surface area contributed by atoms with Gasteiger partial charge >= 0.3 is 0 Å². The highest BCUT2D eigenvalue weighted by Crippen LogP contribution is 2.31. The summed E-state index contributed by atoms with van der Waals surface area (Å²) < 4.78 is 7.88. The van der Waals surface area contributed by atoms with E-state index in [4.69, 9.17) is 9.72 Å². The molecule has 11 heteroatoms. The second-order valence-corrected chi connectivity index (χ2v) is 10.1. The molecule has 0 aliphatic carbocycles. The molecule has 1 atom stereocenters. The third kappa shape index (κ3) is 5.13. The second-order valence-electron chi connectivity index (χ2n) is 10.1. The molecule has 1 N–H and O–H groups in total. The quantitative estimate of drug-likeness (QED) is 0.287. The highest BCUT2D eigenvalue weighted by molar-refractivity contribution is 5.89. The number of hydrogen-bond acceptors (Lipinski definition) is 9. The summed E-state index contributed by atoms with van der Waals surface area (Å²) in [5.74, 6) is 2.86. The average molecular weight is 550 g/mol. The number of nitrogens with one attached hydrogen (secondary N) is 1. The Morgan fingerprint density at radius 3 is 2.80 bits per heavy atom. The Hall–Kier alpha value is -5.06. The van der Waals surface area contributed by atoms with Gasteiger partial charge in [-0.3, -0.25) is 4.79 Å². The summed E-state index contributed by atoms with van der Waals surface area (Å²) in [5, 5.41) is 11.6. The van der Waals surface area contributed by atoms with Crippen LogP contribution in [0.15, 0.2) is 67.5 Å². The number of aryl methyl sites for hydroxylation is 2. The largest absolute Gasteiger partial charge is 0.457 e. The van der Waals surface area contributed by atoms with Gasteiger partial charge in [0.25, 0.3) is 0 Å². The zero-order chi connectivity index (χ0) is 28.5. The first-order valence-corrected chi connectivity index (χ1v) is 13.6. The lowest BCUT2D eigenvalue weighted by Gasteiger charge is -2.41. The number of amides is 1. The van der Waals surface area contributed by atoms with Crippen molar-refractivity contribution in [2.45, 2.75) is 26.3 Å². The zero-order valence-electron chi connectivity index (χ0n) is 23.3. The molecule has 208 valence electrons. The molecule has 1 saturated heterocycles. The number of aromatic nitrogens is 6. The summed E-state index contributed by atoms with van der Waals surface area (Å²) >= 11 is 0. The molecular weight excluding hydrogens is 518 g/mol. The van der Waals surface area contributed by atoms with Gasteiger partial charge in [-0.25, -0.2) is 19.6 Å². The third-order valence-electron chi connectivity index (χ3n) is 7.45. The predicted molar refractivity (Wildman–Crippen MR) is 159 cm³/mol. The minimum Gasteiger partial charge on any atom is -0.457 e. The van der Waals surface area contributed by atoms with Gasteiger partial charge in [0.1, 0.15) is 34.7 Å². The number of hydrogen-bond donors (Lipinski definition) is 1. The first-order chi connectivity index (χ1) is 19.9. The summed E-state index contributed by atoms with van der Waals surface area (Å²) in [7, 11) is 1.86. The third-order valence-corrected chi connectivity index (χ3v) is 7.45. The fourth-order valence-electron chi connectivity index (χ4n) is 5.21. The number of piperazine rings is 1. The van der Waals surface area contributed by atoms with Crippen molar-refractivity contribution in [2.75, 3.05) is 29.9 Å². The first kappa shape index (κ1) is 26.2. The van der Waals surface area contributed by atoms with Crippen LogP contribution in [0, 0.1) is 6.92 Å². The maximum Gasteiger partial charge on any atom is 0.246 e. The number of fused-ring (bicyclic) bond motifs is 2. The molecule has 0 unspecified atom stereocenters. The van der Waals surface area contributed by atoms with Gasteiger partial charge in [0.15, 0.2) is 5.82 Å². The Morgan fingerprint density at radius 1 is 1.12 bits per heavy atom. The number of benzene rings is 2. The molecule has 1 amide bonds. The van der Waals surface area contributed by atoms with Gasteiger partial charge < -0.3 is 19.9 Å². The average Bonchev–Trinajstić information content (AvgIpc) is 3.37. The first-order valence-electron chi connectivity index (χ1n) is 13.6. The van der Waals surface area contributed by atoms with Crippen LogP contribution in [-0.2, 0) is 11.8 Å². The molecule has 1 aliphatic heterocycles. The predicted octanol–water partition coefficient (Wildman–Crippen LogP) is 4.76. The monoisotopic (exact) mass is 549 g/mol. The van der Waals surface area contributed by atoms with Crippen LogP contribution in [0.25, 0.3) is 22.1 Å². The topological polar surface area (TPSA) is 114 Å². The number of nitrogens with zero attached hydrogens (tertiary/aromatic N) is 8. The van der Waals surface area contributed by atoms with Gasteiger partial charge in [-0.05, 0) is 67.4 Å². The Morgan fingerprint density at radius 2 is 2.00 bits per heavy atom. The van der Waals surface area contributed by atoms with Gasteiger partial charge in [0.05, 0.1) is 11.0 Å². The lowest BCUT2D eigenvalue weighted by molar-refractivity contribution is -0.128. The van der Waals surface area contributed by atoms with Crippen molar-refractivity contribution < 1.29 is 9.53 Å². The van der Waals surface area contributed by atoms with Gasteiger partial charge in [-0.2, -0.15) is 0 Å². The minimum atomic E-state index is -0.0267. The molecule has 6 rings (SSSR count). The molecule has 41 heavy (non-hydrogen) atoms. The number of carbonyl (C=O) groups is 1. The van der Waals surface area contributed by atoms with Gasteiger partial charge in [0.2, 0.25) is 5.91 Å². The number of carbonyl (C=O) groups excluding carboxylic acids is 1. The number of ether oxygens (including phenoxy) is 1.